The van der Waals surface area contributed by atoms with Crippen molar-refractivity contribution >= 4 is 21.4 Å². The molecule has 0 aromatic carbocycles. The zero-order chi connectivity index (χ0) is 8.72. The van der Waals surface area contributed by atoms with E-state index >= 15 is 0 Å². The van der Waals surface area contributed by atoms with E-state index in [9.17, 15) is 9.18 Å². The second-order valence-corrected chi connectivity index (χ2v) is 3.05. The number of aromatic nitrogens is 3. The lowest BCUT2D eigenvalue weighted by molar-refractivity contribution is 0.541. The highest BCUT2D eigenvalue weighted by molar-refractivity contribution is 9.10. The van der Waals surface area contributed by atoms with Crippen molar-refractivity contribution in [3.63, 3.8) is 0 Å². The average molecular weight is 232 g/mol. The van der Waals surface area contributed by atoms with Crippen LogP contribution in [-0.4, -0.2) is 14.6 Å². The Hall–Kier alpha value is -1.17. The molecule has 62 valence electrons. The smallest absolute Gasteiger partial charge is 0.275 e. The number of nitrogens with zero attached hydrogens (tertiary/aromatic N) is 2. The second-order valence-electron chi connectivity index (χ2n) is 2.20. The van der Waals surface area contributed by atoms with Crippen molar-refractivity contribution in [2.45, 2.75) is 0 Å². The molecule has 6 heteroatoms. The van der Waals surface area contributed by atoms with Crippen molar-refractivity contribution in [1.82, 2.24) is 14.6 Å². The van der Waals surface area contributed by atoms with Crippen molar-refractivity contribution < 1.29 is 4.39 Å². The third-order valence-electron chi connectivity index (χ3n) is 1.48. The summed E-state index contributed by atoms with van der Waals surface area (Å²) in [5, 5.41) is 3.62. The summed E-state index contributed by atoms with van der Waals surface area (Å²) in [4.78, 5) is 13.4. The van der Waals surface area contributed by atoms with Crippen molar-refractivity contribution in [3.8, 4) is 0 Å². The van der Waals surface area contributed by atoms with Crippen LogP contribution < -0.4 is 5.56 Å². The standard InChI is InChI=1S/C6H3BrFN3O/c7-3-1-4-6(12)9-2-10-11(4)5(3)8/h1-2H,(H,9,10,12). The highest BCUT2D eigenvalue weighted by Crippen LogP contribution is 2.16. The van der Waals surface area contributed by atoms with E-state index in [0.717, 1.165) is 10.8 Å². The summed E-state index contributed by atoms with van der Waals surface area (Å²) in [5.74, 6) is -0.573. The molecule has 0 unspecified atom stereocenters. The minimum Gasteiger partial charge on any atom is -0.310 e. The van der Waals surface area contributed by atoms with E-state index in [-0.39, 0.29) is 15.5 Å². The molecule has 0 aliphatic heterocycles. The van der Waals surface area contributed by atoms with Crippen molar-refractivity contribution in [3.05, 3.63) is 33.2 Å². The number of aromatic amines is 1. The van der Waals surface area contributed by atoms with Gasteiger partial charge in [-0.25, -0.2) is 0 Å². The molecule has 12 heavy (non-hydrogen) atoms. The minimum atomic E-state index is -0.573. The highest BCUT2D eigenvalue weighted by Gasteiger charge is 2.09. The Morgan fingerprint density at radius 1 is 1.67 bits per heavy atom. The molecule has 4 nitrogen and oxygen atoms in total. The third kappa shape index (κ3) is 0.878. The van der Waals surface area contributed by atoms with E-state index in [1.54, 1.807) is 0 Å². The van der Waals surface area contributed by atoms with Crippen LogP contribution in [0.4, 0.5) is 4.39 Å². The number of rotatable bonds is 0. The first-order chi connectivity index (χ1) is 5.70. The lowest BCUT2D eigenvalue weighted by Crippen LogP contribution is -2.10. The topological polar surface area (TPSA) is 50.2 Å². The molecular formula is C6H3BrFN3O. The number of fused-ring (bicyclic) bond motifs is 1. The molecule has 0 fully saturated rings. The molecule has 2 rings (SSSR count). The SMILES string of the molecule is O=c1[nH]cnn2c(F)c(Br)cc12. The molecule has 2 aromatic rings. The second kappa shape index (κ2) is 2.41. The van der Waals surface area contributed by atoms with Gasteiger partial charge < -0.3 is 4.98 Å². The lowest BCUT2D eigenvalue weighted by atomic mass is 10.5. The summed E-state index contributed by atoms with van der Waals surface area (Å²) in [5.41, 5.74) is -0.184. The zero-order valence-electron chi connectivity index (χ0n) is 5.71. The van der Waals surface area contributed by atoms with Crippen LogP contribution in [0.2, 0.25) is 0 Å². The summed E-state index contributed by atoms with van der Waals surface area (Å²) in [7, 11) is 0. The van der Waals surface area contributed by atoms with Crippen LogP contribution in [0.1, 0.15) is 0 Å². The van der Waals surface area contributed by atoms with Gasteiger partial charge in [-0.1, -0.05) is 0 Å². The Bertz CT molecular complexity index is 489. The fourth-order valence-electron chi connectivity index (χ4n) is 0.941. The molecule has 0 atom stereocenters. The zero-order valence-corrected chi connectivity index (χ0v) is 7.30. The van der Waals surface area contributed by atoms with E-state index in [0.29, 0.717) is 0 Å². The molecule has 1 N–H and O–H groups in total. The predicted molar refractivity (Wildman–Crippen MR) is 43.5 cm³/mol. The van der Waals surface area contributed by atoms with E-state index in [4.69, 9.17) is 0 Å². The summed E-state index contributed by atoms with van der Waals surface area (Å²) < 4.78 is 14.2. The monoisotopic (exact) mass is 231 g/mol. The first-order valence-corrected chi connectivity index (χ1v) is 3.90. The van der Waals surface area contributed by atoms with Gasteiger partial charge in [0.05, 0.1) is 4.47 Å². The number of H-pyrrole nitrogens is 1. The largest absolute Gasteiger partial charge is 0.310 e. The van der Waals surface area contributed by atoms with Gasteiger partial charge >= 0.3 is 0 Å². The van der Waals surface area contributed by atoms with E-state index in [1.165, 1.54) is 6.07 Å². The number of nitrogens with one attached hydrogen (secondary N) is 1. The summed E-state index contributed by atoms with van der Waals surface area (Å²) in [6.45, 7) is 0. The summed E-state index contributed by atoms with van der Waals surface area (Å²) in [6.07, 6.45) is 1.14. The third-order valence-corrected chi connectivity index (χ3v) is 2.03. The summed E-state index contributed by atoms with van der Waals surface area (Å²) >= 11 is 2.95. The van der Waals surface area contributed by atoms with Gasteiger partial charge in [-0.2, -0.15) is 14.0 Å². The Balaban J connectivity index is 3.05. The number of hydrogen-bond donors (Lipinski definition) is 1. The van der Waals surface area contributed by atoms with Gasteiger partial charge in [0.25, 0.3) is 5.56 Å². The average Bonchev–Trinajstić information content (AvgIpc) is 2.32. The van der Waals surface area contributed by atoms with Crippen molar-refractivity contribution in [2.24, 2.45) is 0 Å². The fourth-order valence-corrected chi connectivity index (χ4v) is 1.33. The maximum Gasteiger partial charge on any atom is 0.275 e. The molecule has 0 bridgehead atoms. The van der Waals surface area contributed by atoms with Crippen LogP contribution in [0.3, 0.4) is 0 Å². The van der Waals surface area contributed by atoms with Gasteiger partial charge in [0.15, 0.2) is 0 Å². The normalized spacial score (nSPS) is 10.8. The van der Waals surface area contributed by atoms with Gasteiger partial charge in [-0.15, -0.1) is 0 Å². The number of hydrogen-bond acceptors (Lipinski definition) is 2. The molecule has 2 aromatic heterocycles. The highest BCUT2D eigenvalue weighted by atomic mass is 79.9. The Morgan fingerprint density at radius 2 is 2.42 bits per heavy atom. The van der Waals surface area contributed by atoms with E-state index in [2.05, 4.69) is 26.0 Å². The van der Waals surface area contributed by atoms with E-state index in [1.807, 2.05) is 0 Å². The van der Waals surface area contributed by atoms with Crippen LogP contribution in [0.25, 0.3) is 5.52 Å². The van der Waals surface area contributed by atoms with Crippen LogP contribution in [0, 0.1) is 5.95 Å². The molecule has 0 radical (unpaired) electrons. The van der Waals surface area contributed by atoms with Crippen LogP contribution in [-0.2, 0) is 0 Å². The Labute approximate surface area is 74.2 Å². The van der Waals surface area contributed by atoms with Crippen LogP contribution in [0.15, 0.2) is 21.7 Å². The molecular weight excluding hydrogens is 229 g/mol. The Morgan fingerprint density at radius 3 is 3.08 bits per heavy atom. The molecule has 0 aliphatic rings. The quantitative estimate of drug-likeness (QED) is 0.734. The van der Waals surface area contributed by atoms with Gasteiger partial charge in [0, 0.05) is 0 Å². The van der Waals surface area contributed by atoms with Gasteiger partial charge in [-0.05, 0) is 22.0 Å². The maximum absolute atomic E-state index is 13.0. The van der Waals surface area contributed by atoms with Gasteiger partial charge in [0.2, 0.25) is 5.95 Å². The van der Waals surface area contributed by atoms with Crippen LogP contribution in [0.5, 0.6) is 0 Å². The maximum atomic E-state index is 13.0. The minimum absolute atomic E-state index is 0.182. The molecule has 2 heterocycles. The molecule has 0 amide bonds. The van der Waals surface area contributed by atoms with Gasteiger partial charge in [0.1, 0.15) is 11.8 Å². The fraction of sp³-hybridized carbons (Fsp3) is 0. The predicted octanol–water partition coefficient (Wildman–Crippen LogP) is 0.924. The lowest BCUT2D eigenvalue weighted by Gasteiger charge is -1.89. The van der Waals surface area contributed by atoms with Crippen molar-refractivity contribution in [2.75, 3.05) is 0 Å². The molecule has 0 saturated carbocycles. The first kappa shape index (κ1) is 7.48. The molecule has 0 spiro atoms. The first-order valence-electron chi connectivity index (χ1n) is 3.10. The summed E-state index contributed by atoms with van der Waals surface area (Å²) in [6, 6.07) is 1.38. The van der Waals surface area contributed by atoms with Crippen LogP contribution >= 0.6 is 15.9 Å². The van der Waals surface area contributed by atoms with Crippen molar-refractivity contribution in [1.29, 1.82) is 0 Å². The molecule has 0 aliphatic carbocycles. The van der Waals surface area contributed by atoms with Gasteiger partial charge in [-0.3, -0.25) is 4.79 Å². The Kier molecular flexibility index (Phi) is 1.50. The van der Waals surface area contributed by atoms with E-state index < -0.39 is 5.95 Å². The number of halogens is 2. The molecule has 0 saturated heterocycles.